The molecule has 27 heavy (non-hydrogen) atoms. The first-order chi connectivity index (χ1) is 12.8. The van der Waals surface area contributed by atoms with E-state index in [-0.39, 0.29) is 24.5 Å². The van der Waals surface area contributed by atoms with Crippen molar-refractivity contribution < 1.29 is 22.7 Å². The number of rotatable bonds is 8. The number of benzene rings is 1. The number of aryl methyl sites for hydroxylation is 1. The van der Waals surface area contributed by atoms with E-state index in [0.717, 1.165) is 11.3 Å². The van der Waals surface area contributed by atoms with E-state index in [0.29, 0.717) is 26.2 Å². The van der Waals surface area contributed by atoms with Crippen LogP contribution >= 0.6 is 0 Å². The average molecular weight is 400 g/mol. The van der Waals surface area contributed by atoms with Gasteiger partial charge in [-0.3, -0.25) is 0 Å². The molecule has 0 radical (unpaired) electrons. The first-order valence-corrected chi connectivity index (χ1v) is 10.7. The summed E-state index contributed by atoms with van der Waals surface area (Å²) in [5, 5.41) is 5.21. The predicted octanol–water partition coefficient (Wildman–Crippen LogP) is 1.11. The van der Waals surface area contributed by atoms with Crippen LogP contribution in [0.5, 0.6) is 5.75 Å². The van der Waals surface area contributed by atoms with E-state index in [9.17, 15) is 13.2 Å². The lowest BCUT2D eigenvalue weighted by atomic mass is 10.2. The first-order valence-electron chi connectivity index (χ1n) is 9.11. The van der Waals surface area contributed by atoms with Gasteiger partial charge in [-0.25, -0.2) is 13.2 Å². The van der Waals surface area contributed by atoms with Crippen molar-refractivity contribution in [3.05, 3.63) is 29.8 Å². The van der Waals surface area contributed by atoms with Crippen molar-refractivity contribution in [3.8, 4) is 5.75 Å². The van der Waals surface area contributed by atoms with Crippen LogP contribution in [0.1, 0.15) is 19.4 Å². The van der Waals surface area contributed by atoms with Gasteiger partial charge in [-0.1, -0.05) is 12.1 Å². The molecule has 1 aliphatic heterocycles. The molecule has 2 atom stereocenters. The van der Waals surface area contributed by atoms with Gasteiger partial charge in [-0.05, 0) is 38.5 Å². The van der Waals surface area contributed by atoms with E-state index in [1.165, 1.54) is 4.31 Å². The van der Waals surface area contributed by atoms with E-state index in [1.54, 1.807) is 0 Å². The van der Waals surface area contributed by atoms with E-state index < -0.39 is 16.1 Å². The lowest BCUT2D eigenvalue weighted by Crippen LogP contribution is -2.50. The molecule has 0 aromatic heterocycles. The highest BCUT2D eigenvalue weighted by molar-refractivity contribution is 7.89. The molecule has 1 heterocycles. The summed E-state index contributed by atoms with van der Waals surface area (Å²) in [5.41, 5.74) is 1.10. The summed E-state index contributed by atoms with van der Waals surface area (Å²) in [6.45, 7) is 7.07. The van der Waals surface area contributed by atoms with E-state index in [2.05, 4.69) is 10.6 Å². The van der Waals surface area contributed by atoms with Crippen molar-refractivity contribution in [1.82, 2.24) is 14.9 Å². The second-order valence-corrected chi connectivity index (χ2v) is 8.83. The number of hydrogen-bond acceptors (Lipinski definition) is 5. The average Bonchev–Trinajstić information content (AvgIpc) is 2.58. The van der Waals surface area contributed by atoms with Crippen molar-refractivity contribution in [3.63, 3.8) is 0 Å². The molecule has 2 rings (SSSR count). The van der Waals surface area contributed by atoms with Crippen molar-refractivity contribution in [2.45, 2.75) is 33.0 Å². The van der Waals surface area contributed by atoms with Crippen LogP contribution in [0, 0.1) is 6.92 Å². The van der Waals surface area contributed by atoms with E-state index >= 15 is 0 Å². The number of sulfonamides is 1. The molecule has 2 amide bonds. The molecule has 1 saturated heterocycles. The summed E-state index contributed by atoms with van der Waals surface area (Å²) in [5.74, 6) is 0.608. The molecule has 0 aliphatic carbocycles. The number of carbonyl (C=O) groups is 1. The molecule has 8 nitrogen and oxygen atoms in total. The van der Waals surface area contributed by atoms with Crippen LogP contribution < -0.4 is 15.4 Å². The van der Waals surface area contributed by atoms with Gasteiger partial charge in [-0.15, -0.1) is 0 Å². The second kappa shape index (κ2) is 9.91. The molecule has 1 aromatic rings. The number of urea groups is 1. The summed E-state index contributed by atoms with van der Waals surface area (Å²) < 4.78 is 37.3. The molecular formula is C18H29N3O5S. The summed E-state index contributed by atoms with van der Waals surface area (Å²) in [4.78, 5) is 11.8. The minimum absolute atomic E-state index is 0.0486. The van der Waals surface area contributed by atoms with Crippen LogP contribution in [0.4, 0.5) is 4.79 Å². The van der Waals surface area contributed by atoms with Gasteiger partial charge in [0.15, 0.2) is 0 Å². The van der Waals surface area contributed by atoms with Crippen molar-refractivity contribution >= 4 is 16.1 Å². The van der Waals surface area contributed by atoms with Crippen LogP contribution in [-0.2, 0) is 14.8 Å². The van der Waals surface area contributed by atoms with Crippen LogP contribution in [0.2, 0.25) is 0 Å². The highest BCUT2D eigenvalue weighted by Gasteiger charge is 2.30. The molecule has 0 bridgehead atoms. The van der Waals surface area contributed by atoms with Crippen LogP contribution in [-0.4, -0.2) is 69.5 Å². The van der Waals surface area contributed by atoms with E-state index in [1.807, 2.05) is 45.0 Å². The zero-order valence-electron chi connectivity index (χ0n) is 16.1. The predicted molar refractivity (Wildman–Crippen MR) is 103 cm³/mol. The lowest BCUT2D eigenvalue weighted by molar-refractivity contribution is -0.0440. The molecular weight excluding hydrogens is 370 g/mol. The Kier molecular flexibility index (Phi) is 7.88. The van der Waals surface area contributed by atoms with Crippen LogP contribution in [0.3, 0.4) is 0 Å². The zero-order valence-corrected chi connectivity index (χ0v) is 16.9. The number of hydrogen-bond donors (Lipinski definition) is 2. The number of ether oxygens (including phenoxy) is 2. The van der Waals surface area contributed by atoms with Gasteiger partial charge in [0, 0.05) is 19.6 Å². The fourth-order valence-electron chi connectivity index (χ4n) is 2.88. The van der Waals surface area contributed by atoms with Gasteiger partial charge >= 0.3 is 6.03 Å². The maximum atomic E-state index is 12.4. The third-order valence-electron chi connectivity index (χ3n) is 4.07. The maximum absolute atomic E-state index is 12.4. The van der Waals surface area contributed by atoms with Gasteiger partial charge < -0.3 is 20.1 Å². The number of nitrogens with zero attached hydrogens (tertiary/aromatic N) is 1. The molecule has 2 N–H and O–H groups in total. The molecule has 1 aromatic carbocycles. The summed E-state index contributed by atoms with van der Waals surface area (Å²) >= 11 is 0. The van der Waals surface area contributed by atoms with Crippen LogP contribution in [0.15, 0.2) is 24.3 Å². The van der Waals surface area contributed by atoms with Crippen molar-refractivity contribution in [1.29, 1.82) is 0 Å². The monoisotopic (exact) mass is 399 g/mol. The third-order valence-corrected chi connectivity index (χ3v) is 5.88. The number of amides is 2. The fourth-order valence-corrected chi connectivity index (χ4v) is 4.37. The SMILES string of the molecule is Cc1cccc(OCCNC(=O)NCCS(=O)(=O)N2CC(C)OC(C)C2)c1. The Balaban J connectivity index is 1.63. The van der Waals surface area contributed by atoms with Gasteiger partial charge in [0.2, 0.25) is 10.0 Å². The lowest BCUT2D eigenvalue weighted by Gasteiger charge is -2.34. The van der Waals surface area contributed by atoms with Gasteiger partial charge in [0.25, 0.3) is 0 Å². The minimum Gasteiger partial charge on any atom is -0.492 e. The summed E-state index contributed by atoms with van der Waals surface area (Å²) in [6.07, 6.45) is -0.263. The third kappa shape index (κ3) is 7.36. The van der Waals surface area contributed by atoms with Gasteiger partial charge in [-0.2, -0.15) is 4.31 Å². The molecule has 2 unspecified atom stereocenters. The number of nitrogens with one attached hydrogen (secondary N) is 2. The Morgan fingerprint density at radius 3 is 2.56 bits per heavy atom. The topological polar surface area (TPSA) is 97.0 Å². The number of morpholine rings is 1. The number of carbonyl (C=O) groups excluding carboxylic acids is 1. The molecule has 152 valence electrons. The van der Waals surface area contributed by atoms with Crippen LogP contribution in [0.25, 0.3) is 0 Å². The van der Waals surface area contributed by atoms with E-state index in [4.69, 9.17) is 9.47 Å². The Hall–Kier alpha value is -1.84. The Bertz CT molecular complexity index is 715. The minimum atomic E-state index is -3.42. The normalized spacial score (nSPS) is 20.9. The molecule has 0 spiro atoms. The van der Waals surface area contributed by atoms with Gasteiger partial charge in [0.05, 0.1) is 24.5 Å². The molecule has 1 aliphatic rings. The van der Waals surface area contributed by atoms with Crippen molar-refractivity contribution in [2.24, 2.45) is 0 Å². The molecule has 0 saturated carbocycles. The summed E-state index contributed by atoms with van der Waals surface area (Å²) in [7, 11) is -3.42. The quantitative estimate of drug-likeness (QED) is 0.639. The Morgan fingerprint density at radius 1 is 1.22 bits per heavy atom. The van der Waals surface area contributed by atoms with Gasteiger partial charge in [0.1, 0.15) is 12.4 Å². The Morgan fingerprint density at radius 2 is 1.89 bits per heavy atom. The highest BCUT2D eigenvalue weighted by atomic mass is 32.2. The molecule has 1 fully saturated rings. The largest absolute Gasteiger partial charge is 0.492 e. The smallest absolute Gasteiger partial charge is 0.314 e. The second-order valence-electron chi connectivity index (χ2n) is 6.74. The highest BCUT2D eigenvalue weighted by Crippen LogP contribution is 2.14. The standard InChI is InChI=1S/C18H29N3O5S/c1-14-5-4-6-17(11-14)25-9-7-19-18(22)20-8-10-27(23,24)21-12-15(2)26-16(3)13-21/h4-6,11,15-16H,7-10,12-13H2,1-3H3,(H2,19,20,22). The summed E-state index contributed by atoms with van der Waals surface area (Å²) in [6, 6.07) is 7.23. The fraction of sp³-hybridized carbons (Fsp3) is 0.611. The Labute approximate surface area is 161 Å². The first kappa shape index (κ1) is 21.5. The molecule has 9 heteroatoms. The maximum Gasteiger partial charge on any atom is 0.314 e. The van der Waals surface area contributed by atoms with Crippen molar-refractivity contribution in [2.75, 3.05) is 38.5 Å². The zero-order chi connectivity index (χ0) is 19.9.